The van der Waals surface area contributed by atoms with E-state index in [-0.39, 0.29) is 16.8 Å². The Morgan fingerprint density at radius 1 is 1.30 bits per heavy atom. The van der Waals surface area contributed by atoms with Gasteiger partial charge in [-0.1, -0.05) is 0 Å². The molecule has 0 aliphatic heterocycles. The molecule has 0 radical (unpaired) electrons. The molecule has 0 saturated heterocycles. The van der Waals surface area contributed by atoms with Gasteiger partial charge in [-0.05, 0) is 45.4 Å². The molecule has 112 valence electrons. The molecule has 0 bridgehead atoms. The van der Waals surface area contributed by atoms with E-state index in [1.807, 2.05) is 0 Å². The van der Waals surface area contributed by atoms with E-state index < -0.39 is 30.4 Å². The largest absolute Gasteiger partial charge is 0.405 e. The molecule has 0 atom stereocenters. The Labute approximate surface area is 115 Å². The van der Waals surface area contributed by atoms with Crippen molar-refractivity contribution in [3.8, 4) is 0 Å². The van der Waals surface area contributed by atoms with Crippen LogP contribution in [0.5, 0.6) is 0 Å². The molecule has 0 aliphatic carbocycles. The molecule has 20 heavy (non-hydrogen) atoms. The highest BCUT2D eigenvalue weighted by molar-refractivity contribution is 6.00. The van der Waals surface area contributed by atoms with Gasteiger partial charge in [0.2, 0.25) is 0 Å². The van der Waals surface area contributed by atoms with Gasteiger partial charge in [-0.2, -0.15) is 13.2 Å². The normalized spacial score (nSPS) is 11.8. The van der Waals surface area contributed by atoms with Gasteiger partial charge < -0.3 is 4.90 Å². The van der Waals surface area contributed by atoms with E-state index in [0.717, 1.165) is 11.0 Å². The highest BCUT2D eigenvalue weighted by Gasteiger charge is 2.33. The van der Waals surface area contributed by atoms with Crippen molar-refractivity contribution in [2.75, 3.05) is 11.4 Å². The number of carbonyl (C=O) groups is 1. The van der Waals surface area contributed by atoms with E-state index in [1.165, 1.54) is 19.9 Å². The number of Topliss-reactive ketones (excluding diaryl/α,β-unsaturated/α-hetero) is 1. The Bertz CT molecular complexity index is 509. The number of hydrogen-bond donors (Lipinski definition) is 0. The van der Waals surface area contributed by atoms with Crippen LogP contribution in [0, 0.1) is 12.7 Å². The number of halogens is 4. The van der Waals surface area contributed by atoms with E-state index in [2.05, 4.69) is 0 Å². The van der Waals surface area contributed by atoms with Crippen LogP contribution in [0.4, 0.5) is 23.2 Å². The molecule has 0 unspecified atom stereocenters. The molecule has 1 aromatic rings. The van der Waals surface area contributed by atoms with Crippen LogP contribution in [-0.2, 0) is 0 Å². The summed E-state index contributed by atoms with van der Waals surface area (Å²) in [6.45, 7) is 4.66. The lowest BCUT2D eigenvalue weighted by molar-refractivity contribution is -0.120. The van der Waals surface area contributed by atoms with E-state index in [9.17, 15) is 22.4 Å². The molecular formula is C14H17F4NO. The van der Waals surface area contributed by atoms with Crippen LogP contribution >= 0.6 is 0 Å². The maximum Gasteiger partial charge on any atom is 0.405 e. The number of hydrogen-bond acceptors (Lipinski definition) is 2. The molecule has 0 N–H and O–H groups in total. The second-order valence-corrected chi connectivity index (χ2v) is 5.01. The minimum Gasteiger partial charge on any atom is -0.359 e. The molecule has 0 aliphatic rings. The Morgan fingerprint density at radius 3 is 2.25 bits per heavy atom. The molecule has 0 fully saturated rings. The molecule has 0 aromatic heterocycles. The third-order valence-electron chi connectivity index (χ3n) is 2.94. The minimum atomic E-state index is -4.40. The first-order chi connectivity index (χ1) is 9.03. The highest BCUT2D eigenvalue weighted by atomic mass is 19.4. The first-order valence-corrected chi connectivity index (χ1v) is 6.17. The van der Waals surface area contributed by atoms with Gasteiger partial charge in [0.05, 0.1) is 0 Å². The lowest BCUT2D eigenvalue weighted by Gasteiger charge is -2.31. The summed E-state index contributed by atoms with van der Waals surface area (Å²) in [5, 5.41) is 0. The number of rotatable bonds is 4. The zero-order valence-corrected chi connectivity index (χ0v) is 11.8. The third-order valence-corrected chi connectivity index (χ3v) is 2.94. The first kappa shape index (κ1) is 16.5. The number of benzene rings is 1. The molecule has 0 spiro atoms. The zero-order valence-electron chi connectivity index (χ0n) is 11.8. The van der Waals surface area contributed by atoms with Crippen molar-refractivity contribution in [2.24, 2.45) is 0 Å². The fourth-order valence-corrected chi connectivity index (χ4v) is 1.92. The molecule has 6 heteroatoms. The fourth-order valence-electron chi connectivity index (χ4n) is 1.92. The zero-order chi connectivity index (χ0) is 15.7. The summed E-state index contributed by atoms with van der Waals surface area (Å²) in [6, 6.07) is 1.82. The fraction of sp³-hybridized carbons (Fsp3) is 0.500. The van der Waals surface area contributed by atoms with E-state index >= 15 is 0 Å². The quantitative estimate of drug-likeness (QED) is 0.614. The van der Waals surface area contributed by atoms with Crippen molar-refractivity contribution in [1.29, 1.82) is 0 Å². The summed E-state index contributed by atoms with van der Waals surface area (Å²) in [7, 11) is 0. The molecule has 1 rings (SSSR count). The first-order valence-electron chi connectivity index (χ1n) is 6.17. The van der Waals surface area contributed by atoms with Crippen LogP contribution in [0.15, 0.2) is 12.1 Å². The van der Waals surface area contributed by atoms with Gasteiger partial charge in [0.1, 0.15) is 12.4 Å². The summed E-state index contributed by atoms with van der Waals surface area (Å²) >= 11 is 0. The van der Waals surface area contributed by atoms with Crippen molar-refractivity contribution in [2.45, 2.75) is 39.9 Å². The summed E-state index contributed by atoms with van der Waals surface area (Å²) in [6.07, 6.45) is -4.40. The average molecular weight is 291 g/mol. The van der Waals surface area contributed by atoms with Crippen molar-refractivity contribution in [3.05, 3.63) is 29.1 Å². The van der Waals surface area contributed by atoms with Gasteiger partial charge in [-0.15, -0.1) is 0 Å². The number of carbonyl (C=O) groups excluding carboxylic acids is 1. The maximum atomic E-state index is 13.5. The van der Waals surface area contributed by atoms with E-state index in [0.29, 0.717) is 0 Å². The second kappa shape index (κ2) is 5.81. The maximum absolute atomic E-state index is 13.5. The SMILES string of the molecule is CC(=O)c1cc(F)c(C)cc1N(CC(F)(F)F)C(C)C. The van der Waals surface area contributed by atoms with Gasteiger partial charge in [-0.25, -0.2) is 4.39 Å². The molecule has 0 amide bonds. The Balaban J connectivity index is 3.39. The topological polar surface area (TPSA) is 20.3 Å². The third kappa shape index (κ3) is 3.95. The lowest BCUT2D eigenvalue weighted by atomic mass is 10.0. The number of nitrogens with zero attached hydrogens (tertiary/aromatic N) is 1. The molecule has 0 saturated carbocycles. The second-order valence-electron chi connectivity index (χ2n) is 5.01. The predicted molar refractivity (Wildman–Crippen MR) is 69.7 cm³/mol. The van der Waals surface area contributed by atoms with Crippen LogP contribution in [0.1, 0.15) is 36.7 Å². The summed E-state index contributed by atoms with van der Waals surface area (Å²) in [5.74, 6) is -1.07. The standard InChI is InChI=1S/C14H17F4NO/c1-8(2)19(7-14(16,17)18)13-5-9(3)12(15)6-11(13)10(4)20/h5-6,8H,7H2,1-4H3. The Hall–Kier alpha value is -1.59. The average Bonchev–Trinajstić information content (AvgIpc) is 2.27. The Morgan fingerprint density at radius 2 is 1.85 bits per heavy atom. The molecular weight excluding hydrogens is 274 g/mol. The highest BCUT2D eigenvalue weighted by Crippen LogP contribution is 2.29. The Kier molecular flexibility index (Phi) is 4.78. The van der Waals surface area contributed by atoms with Crippen molar-refractivity contribution in [3.63, 3.8) is 0 Å². The number of anilines is 1. The van der Waals surface area contributed by atoms with Crippen molar-refractivity contribution in [1.82, 2.24) is 0 Å². The monoisotopic (exact) mass is 291 g/mol. The van der Waals surface area contributed by atoms with Gasteiger partial charge in [0, 0.05) is 17.3 Å². The summed E-state index contributed by atoms with van der Waals surface area (Å²) in [4.78, 5) is 12.6. The molecule has 2 nitrogen and oxygen atoms in total. The van der Waals surface area contributed by atoms with Crippen molar-refractivity contribution < 1.29 is 22.4 Å². The van der Waals surface area contributed by atoms with Crippen LogP contribution in [0.2, 0.25) is 0 Å². The lowest BCUT2D eigenvalue weighted by Crippen LogP contribution is -2.40. The van der Waals surface area contributed by atoms with Gasteiger partial charge in [0.15, 0.2) is 5.78 Å². The van der Waals surface area contributed by atoms with Gasteiger partial charge >= 0.3 is 6.18 Å². The number of aryl methyl sites for hydroxylation is 1. The molecule has 1 aromatic carbocycles. The van der Waals surface area contributed by atoms with Crippen LogP contribution in [0.25, 0.3) is 0 Å². The number of alkyl halides is 3. The van der Waals surface area contributed by atoms with Crippen molar-refractivity contribution >= 4 is 11.5 Å². The molecule has 0 heterocycles. The van der Waals surface area contributed by atoms with E-state index in [1.54, 1.807) is 13.8 Å². The van der Waals surface area contributed by atoms with Gasteiger partial charge in [0.25, 0.3) is 0 Å². The number of ketones is 1. The van der Waals surface area contributed by atoms with E-state index in [4.69, 9.17) is 0 Å². The minimum absolute atomic E-state index is 0.0361. The van der Waals surface area contributed by atoms with Crippen LogP contribution in [0.3, 0.4) is 0 Å². The predicted octanol–water partition coefficient (Wildman–Crippen LogP) is 4.11. The smallest absolute Gasteiger partial charge is 0.359 e. The summed E-state index contributed by atoms with van der Waals surface area (Å²) in [5.41, 5.74) is 0.285. The van der Waals surface area contributed by atoms with Crippen LogP contribution < -0.4 is 4.90 Å². The van der Waals surface area contributed by atoms with Crippen LogP contribution in [-0.4, -0.2) is 24.5 Å². The summed E-state index contributed by atoms with van der Waals surface area (Å²) < 4.78 is 51.5. The van der Waals surface area contributed by atoms with Gasteiger partial charge in [-0.3, -0.25) is 4.79 Å².